The highest BCUT2D eigenvalue weighted by Crippen LogP contribution is 2.29. The number of amides is 1. The second-order valence-electron chi connectivity index (χ2n) is 7.49. The summed E-state index contributed by atoms with van der Waals surface area (Å²) < 4.78 is 19.2. The molecule has 0 saturated carbocycles. The van der Waals surface area contributed by atoms with Crippen molar-refractivity contribution in [1.82, 2.24) is 14.9 Å². The zero-order chi connectivity index (χ0) is 21.8. The highest BCUT2D eigenvalue weighted by Gasteiger charge is 2.20. The summed E-state index contributed by atoms with van der Waals surface area (Å²) in [6.07, 6.45) is 4.01. The van der Waals surface area contributed by atoms with E-state index in [-0.39, 0.29) is 17.4 Å². The van der Waals surface area contributed by atoms with E-state index in [1.807, 2.05) is 36.4 Å². The largest absolute Gasteiger partial charge is 0.484 e. The van der Waals surface area contributed by atoms with E-state index in [0.717, 1.165) is 22.1 Å². The topological polar surface area (TPSA) is 55.3 Å². The number of carbonyl (C=O) groups is 1. The van der Waals surface area contributed by atoms with Gasteiger partial charge in [0.2, 0.25) is 0 Å². The maximum Gasteiger partial charge on any atom is 0.275 e. The number of ether oxygens (including phenoxy) is 1. The minimum absolute atomic E-state index is 0.229. The molecule has 2 aromatic heterocycles. The molecule has 0 atom stereocenters. The number of nitrogens with zero attached hydrogens (tertiary/aromatic N) is 3. The molecule has 156 valence electrons. The van der Waals surface area contributed by atoms with E-state index in [9.17, 15) is 9.18 Å². The Kier molecular flexibility index (Phi) is 5.89. The fraction of sp³-hybridized carbons (Fsp3) is 0.160. The van der Waals surface area contributed by atoms with Crippen LogP contribution >= 0.6 is 0 Å². The van der Waals surface area contributed by atoms with E-state index in [4.69, 9.17) is 4.74 Å². The lowest BCUT2D eigenvalue weighted by molar-refractivity contribution is 0.0817. The molecular weight excluding hydrogens is 393 g/mol. The van der Waals surface area contributed by atoms with E-state index in [1.165, 1.54) is 17.0 Å². The molecule has 4 rings (SSSR count). The number of rotatable bonds is 6. The highest BCUT2D eigenvalue weighted by atomic mass is 19.1. The van der Waals surface area contributed by atoms with Crippen molar-refractivity contribution in [2.75, 3.05) is 14.1 Å². The fourth-order valence-electron chi connectivity index (χ4n) is 3.29. The molecule has 0 aliphatic rings. The summed E-state index contributed by atoms with van der Waals surface area (Å²) in [5.41, 5.74) is 3.74. The molecule has 0 spiro atoms. The minimum Gasteiger partial charge on any atom is -0.484 e. The van der Waals surface area contributed by atoms with Crippen LogP contribution in [0, 0.1) is 5.82 Å². The number of fused-ring (bicyclic) bond motifs is 1. The Bertz CT molecular complexity index is 1210. The number of pyridine rings is 2. The number of benzene rings is 2. The van der Waals surface area contributed by atoms with Crippen molar-refractivity contribution in [3.8, 4) is 5.75 Å². The van der Waals surface area contributed by atoms with E-state index in [1.54, 1.807) is 38.6 Å². The standard InChI is InChI=1S/C25H22FN3O2/c1-29(2)25(30)23-24(31-16-18-6-4-3-5-7-18)22-20(15-28-23)13-19(14-27-22)12-17-8-10-21(26)11-9-17/h3-11,13-15H,12,16H2,1-2H3. The molecule has 4 aromatic rings. The summed E-state index contributed by atoms with van der Waals surface area (Å²) in [6, 6.07) is 18.1. The predicted octanol–water partition coefficient (Wildman–Crippen LogP) is 4.64. The average Bonchev–Trinajstić information content (AvgIpc) is 2.79. The smallest absolute Gasteiger partial charge is 0.275 e. The molecular formula is C25H22FN3O2. The molecule has 5 nitrogen and oxygen atoms in total. The van der Waals surface area contributed by atoms with E-state index in [2.05, 4.69) is 9.97 Å². The van der Waals surface area contributed by atoms with E-state index in [0.29, 0.717) is 24.3 Å². The zero-order valence-corrected chi connectivity index (χ0v) is 17.4. The van der Waals surface area contributed by atoms with Gasteiger partial charge in [-0.15, -0.1) is 0 Å². The lowest BCUT2D eigenvalue weighted by Gasteiger charge is -2.16. The first-order chi connectivity index (χ1) is 15.0. The molecule has 0 saturated heterocycles. The molecule has 0 radical (unpaired) electrons. The molecule has 0 unspecified atom stereocenters. The van der Waals surface area contributed by atoms with Gasteiger partial charge in [-0.05, 0) is 41.3 Å². The van der Waals surface area contributed by atoms with Gasteiger partial charge in [0.1, 0.15) is 17.9 Å². The van der Waals surface area contributed by atoms with E-state index >= 15 is 0 Å². The molecule has 2 heterocycles. The van der Waals surface area contributed by atoms with Crippen LogP contribution in [0.15, 0.2) is 73.1 Å². The lowest BCUT2D eigenvalue weighted by atomic mass is 10.0. The van der Waals surface area contributed by atoms with Crippen molar-refractivity contribution >= 4 is 16.8 Å². The van der Waals surface area contributed by atoms with Crippen LogP contribution in [0.25, 0.3) is 10.9 Å². The first-order valence-corrected chi connectivity index (χ1v) is 9.91. The zero-order valence-electron chi connectivity index (χ0n) is 17.4. The predicted molar refractivity (Wildman–Crippen MR) is 118 cm³/mol. The molecule has 0 fully saturated rings. The van der Waals surface area contributed by atoms with Crippen LogP contribution in [0.4, 0.5) is 4.39 Å². The lowest BCUT2D eigenvalue weighted by Crippen LogP contribution is -2.23. The quantitative estimate of drug-likeness (QED) is 0.460. The average molecular weight is 415 g/mol. The molecule has 6 heteroatoms. The van der Waals surface area contributed by atoms with Crippen LogP contribution in [-0.2, 0) is 13.0 Å². The van der Waals surface area contributed by atoms with Crippen molar-refractivity contribution in [3.05, 3.63) is 101 Å². The van der Waals surface area contributed by atoms with Gasteiger partial charge in [0.25, 0.3) is 5.91 Å². The van der Waals surface area contributed by atoms with E-state index < -0.39 is 0 Å². The van der Waals surface area contributed by atoms with Gasteiger partial charge in [-0.3, -0.25) is 9.78 Å². The first-order valence-electron chi connectivity index (χ1n) is 9.91. The Balaban J connectivity index is 1.70. The Labute approximate surface area is 180 Å². The van der Waals surface area contributed by atoms with Crippen molar-refractivity contribution < 1.29 is 13.9 Å². The number of carbonyl (C=O) groups excluding carboxylic acids is 1. The minimum atomic E-state index is -0.261. The molecule has 1 amide bonds. The summed E-state index contributed by atoms with van der Waals surface area (Å²) in [7, 11) is 3.35. The Morgan fingerprint density at radius 1 is 0.935 bits per heavy atom. The summed E-state index contributed by atoms with van der Waals surface area (Å²) in [6.45, 7) is 0.300. The Morgan fingerprint density at radius 2 is 1.68 bits per heavy atom. The van der Waals surface area contributed by atoms with Crippen molar-refractivity contribution in [3.63, 3.8) is 0 Å². The summed E-state index contributed by atoms with van der Waals surface area (Å²) >= 11 is 0. The van der Waals surface area contributed by atoms with Crippen LogP contribution in [0.5, 0.6) is 5.75 Å². The van der Waals surface area contributed by atoms with Crippen LogP contribution in [0.3, 0.4) is 0 Å². The fourth-order valence-corrected chi connectivity index (χ4v) is 3.29. The SMILES string of the molecule is CN(C)C(=O)c1ncc2cc(Cc3ccc(F)cc3)cnc2c1OCc1ccccc1. The Hall–Kier alpha value is -3.80. The van der Waals surface area contributed by atoms with Crippen LogP contribution in [0.2, 0.25) is 0 Å². The summed E-state index contributed by atoms with van der Waals surface area (Å²) in [5, 5.41) is 0.776. The van der Waals surface area contributed by atoms with Crippen molar-refractivity contribution in [2.45, 2.75) is 13.0 Å². The van der Waals surface area contributed by atoms with Gasteiger partial charge in [-0.2, -0.15) is 0 Å². The highest BCUT2D eigenvalue weighted by molar-refractivity contribution is 6.00. The normalized spacial score (nSPS) is 10.8. The van der Waals surface area contributed by atoms with Gasteiger partial charge in [-0.25, -0.2) is 9.37 Å². The van der Waals surface area contributed by atoms with Crippen LogP contribution in [-0.4, -0.2) is 34.9 Å². The maximum atomic E-state index is 13.2. The second kappa shape index (κ2) is 8.92. The molecule has 0 bridgehead atoms. The molecule has 0 aliphatic carbocycles. The van der Waals surface area contributed by atoms with Crippen molar-refractivity contribution in [1.29, 1.82) is 0 Å². The second-order valence-corrected chi connectivity index (χ2v) is 7.49. The van der Waals surface area contributed by atoms with Gasteiger partial charge in [0.15, 0.2) is 11.4 Å². The van der Waals surface area contributed by atoms with Gasteiger partial charge >= 0.3 is 0 Å². The van der Waals surface area contributed by atoms with Gasteiger partial charge < -0.3 is 9.64 Å². The Morgan fingerprint density at radius 3 is 2.39 bits per heavy atom. The van der Waals surface area contributed by atoms with Gasteiger partial charge in [-0.1, -0.05) is 42.5 Å². The summed E-state index contributed by atoms with van der Waals surface area (Å²) in [5.74, 6) is -0.140. The third-order valence-corrected chi connectivity index (χ3v) is 4.89. The third-order valence-electron chi connectivity index (χ3n) is 4.89. The van der Waals surface area contributed by atoms with Crippen molar-refractivity contribution in [2.24, 2.45) is 0 Å². The monoisotopic (exact) mass is 415 g/mol. The first kappa shape index (κ1) is 20.5. The molecule has 2 aromatic carbocycles. The van der Waals surface area contributed by atoms with Gasteiger partial charge in [0, 0.05) is 31.9 Å². The number of hydrogen-bond donors (Lipinski definition) is 0. The molecule has 0 N–H and O–H groups in total. The van der Waals surface area contributed by atoms with Crippen LogP contribution in [0.1, 0.15) is 27.2 Å². The molecule has 0 aliphatic heterocycles. The number of hydrogen-bond acceptors (Lipinski definition) is 4. The molecule has 31 heavy (non-hydrogen) atoms. The number of aromatic nitrogens is 2. The number of halogens is 1. The van der Waals surface area contributed by atoms with Crippen LogP contribution < -0.4 is 4.74 Å². The third kappa shape index (κ3) is 4.69. The maximum absolute atomic E-state index is 13.2. The van der Waals surface area contributed by atoms with Gasteiger partial charge in [0.05, 0.1) is 0 Å². The summed E-state index contributed by atoms with van der Waals surface area (Å²) in [4.78, 5) is 23.1.